The number of rotatable bonds is 6. The highest BCUT2D eigenvalue weighted by molar-refractivity contribution is 6.07. The third-order valence-electron chi connectivity index (χ3n) is 2.81. The van der Waals surface area contributed by atoms with Gasteiger partial charge in [-0.05, 0) is 17.9 Å². The highest BCUT2D eigenvalue weighted by Gasteiger charge is 2.09. The zero-order valence-electron chi connectivity index (χ0n) is 10.6. The number of Topliss-reactive ketones (excluding diaryl/α,β-unsaturated/α-hetero) is 1. The van der Waals surface area contributed by atoms with Crippen molar-refractivity contribution in [3.8, 4) is 0 Å². The fourth-order valence-corrected chi connectivity index (χ4v) is 1.90. The second-order valence-corrected chi connectivity index (χ2v) is 4.19. The number of fused-ring (bicyclic) bond motifs is 1. The lowest BCUT2D eigenvalue weighted by molar-refractivity contribution is 0.0880. The number of hydrogen-bond acceptors (Lipinski definition) is 3. The molecule has 1 aromatic heterocycles. The number of nitrogens with zero attached hydrogens (tertiary/aromatic N) is 1. The summed E-state index contributed by atoms with van der Waals surface area (Å²) in [6, 6.07) is 7.66. The van der Waals surface area contributed by atoms with Gasteiger partial charge in [-0.3, -0.25) is 9.78 Å². The summed E-state index contributed by atoms with van der Waals surface area (Å²) in [4.78, 5) is 16.2. The van der Waals surface area contributed by atoms with Crippen molar-refractivity contribution in [1.82, 2.24) is 4.98 Å². The molecule has 0 unspecified atom stereocenters. The SMILES string of the molecule is CCCOCCC(=O)c1cccc2ccncc12. The number of hydrogen-bond donors (Lipinski definition) is 0. The van der Waals surface area contributed by atoms with E-state index in [0.717, 1.165) is 22.8 Å². The minimum atomic E-state index is 0.115. The molecule has 3 heteroatoms. The summed E-state index contributed by atoms with van der Waals surface area (Å²) in [6.07, 6.45) is 4.89. The third-order valence-corrected chi connectivity index (χ3v) is 2.81. The molecule has 0 fully saturated rings. The highest BCUT2D eigenvalue weighted by Crippen LogP contribution is 2.18. The van der Waals surface area contributed by atoms with Gasteiger partial charge in [0.2, 0.25) is 0 Å². The van der Waals surface area contributed by atoms with E-state index in [1.54, 1.807) is 12.4 Å². The summed E-state index contributed by atoms with van der Waals surface area (Å²) in [5, 5.41) is 1.96. The van der Waals surface area contributed by atoms with Crippen molar-refractivity contribution in [2.24, 2.45) is 0 Å². The van der Waals surface area contributed by atoms with Crippen molar-refractivity contribution in [2.45, 2.75) is 19.8 Å². The molecule has 1 heterocycles. The van der Waals surface area contributed by atoms with Crippen LogP contribution < -0.4 is 0 Å². The fourth-order valence-electron chi connectivity index (χ4n) is 1.90. The van der Waals surface area contributed by atoms with Crippen LogP contribution in [0.25, 0.3) is 10.8 Å². The van der Waals surface area contributed by atoms with Gasteiger partial charge >= 0.3 is 0 Å². The van der Waals surface area contributed by atoms with Crippen molar-refractivity contribution in [3.05, 3.63) is 42.2 Å². The lowest BCUT2D eigenvalue weighted by Gasteiger charge is -2.05. The first-order valence-corrected chi connectivity index (χ1v) is 6.26. The van der Waals surface area contributed by atoms with E-state index < -0.39 is 0 Å². The van der Waals surface area contributed by atoms with Crippen LogP contribution in [0.3, 0.4) is 0 Å². The van der Waals surface area contributed by atoms with Crippen molar-refractivity contribution in [2.75, 3.05) is 13.2 Å². The lowest BCUT2D eigenvalue weighted by atomic mass is 10.0. The predicted molar refractivity (Wildman–Crippen MR) is 71.8 cm³/mol. The zero-order chi connectivity index (χ0) is 12.8. The van der Waals surface area contributed by atoms with Gasteiger partial charge < -0.3 is 4.74 Å². The molecule has 1 aromatic carbocycles. The van der Waals surface area contributed by atoms with Crippen LogP contribution in [-0.2, 0) is 4.74 Å². The molecule has 0 N–H and O–H groups in total. The van der Waals surface area contributed by atoms with Crippen LogP contribution in [0.15, 0.2) is 36.7 Å². The Bertz CT molecular complexity index is 532. The predicted octanol–water partition coefficient (Wildman–Crippen LogP) is 3.23. The summed E-state index contributed by atoms with van der Waals surface area (Å²) in [7, 11) is 0. The van der Waals surface area contributed by atoms with Crippen LogP contribution in [0.1, 0.15) is 30.1 Å². The second-order valence-electron chi connectivity index (χ2n) is 4.19. The minimum Gasteiger partial charge on any atom is -0.381 e. The Morgan fingerprint density at radius 2 is 2.17 bits per heavy atom. The highest BCUT2D eigenvalue weighted by atomic mass is 16.5. The molecule has 0 aliphatic carbocycles. The fraction of sp³-hybridized carbons (Fsp3) is 0.333. The first kappa shape index (κ1) is 12.7. The van der Waals surface area contributed by atoms with Gasteiger partial charge in [-0.1, -0.05) is 25.1 Å². The molecule has 0 aliphatic rings. The Kier molecular flexibility index (Phi) is 4.42. The number of carbonyl (C=O) groups is 1. The maximum Gasteiger partial charge on any atom is 0.165 e. The van der Waals surface area contributed by atoms with E-state index in [1.165, 1.54) is 0 Å². The molecule has 0 saturated carbocycles. The van der Waals surface area contributed by atoms with E-state index in [1.807, 2.05) is 24.3 Å². The Labute approximate surface area is 107 Å². The first-order chi connectivity index (χ1) is 8.83. The molecular weight excluding hydrogens is 226 g/mol. The lowest BCUT2D eigenvalue weighted by Crippen LogP contribution is -2.06. The van der Waals surface area contributed by atoms with Gasteiger partial charge in [-0.15, -0.1) is 0 Å². The monoisotopic (exact) mass is 243 g/mol. The summed E-state index contributed by atoms with van der Waals surface area (Å²) in [5.74, 6) is 0.115. The number of carbonyl (C=O) groups excluding carboxylic acids is 1. The largest absolute Gasteiger partial charge is 0.381 e. The van der Waals surface area contributed by atoms with Crippen LogP contribution in [0.5, 0.6) is 0 Å². The van der Waals surface area contributed by atoms with Crippen molar-refractivity contribution >= 4 is 16.6 Å². The zero-order valence-corrected chi connectivity index (χ0v) is 10.6. The van der Waals surface area contributed by atoms with Gasteiger partial charge in [0, 0.05) is 36.4 Å². The Morgan fingerprint density at radius 3 is 3.00 bits per heavy atom. The molecule has 94 valence electrons. The summed E-state index contributed by atoms with van der Waals surface area (Å²) < 4.78 is 5.35. The molecule has 2 aromatic rings. The van der Waals surface area contributed by atoms with Crippen LogP contribution >= 0.6 is 0 Å². The average molecular weight is 243 g/mol. The molecule has 18 heavy (non-hydrogen) atoms. The quantitative estimate of drug-likeness (QED) is 0.577. The molecule has 0 radical (unpaired) electrons. The van der Waals surface area contributed by atoms with E-state index in [2.05, 4.69) is 11.9 Å². The van der Waals surface area contributed by atoms with Crippen LogP contribution in [-0.4, -0.2) is 24.0 Å². The molecule has 0 aliphatic heterocycles. The van der Waals surface area contributed by atoms with Crippen LogP contribution in [0, 0.1) is 0 Å². The Hall–Kier alpha value is -1.74. The Balaban J connectivity index is 2.13. The van der Waals surface area contributed by atoms with E-state index in [-0.39, 0.29) is 5.78 Å². The first-order valence-electron chi connectivity index (χ1n) is 6.26. The van der Waals surface area contributed by atoms with Gasteiger partial charge in [0.05, 0.1) is 6.61 Å². The number of pyridine rings is 1. The smallest absolute Gasteiger partial charge is 0.165 e. The van der Waals surface area contributed by atoms with Crippen molar-refractivity contribution in [1.29, 1.82) is 0 Å². The van der Waals surface area contributed by atoms with Gasteiger partial charge in [0.15, 0.2) is 5.78 Å². The average Bonchev–Trinajstić information content (AvgIpc) is 2.43. The minimum absolute atomic E-state index is 0.115. The van der Waals surface area contributed by atoms with Crippen molar-refractivity contribution in [3.63, 3.8) is 0 Å². The van der Waals surface area contributed by atoms with E-state index in [0.29, 0.717) is 19.6 Å². The molecule has 2 rings (SSSR count). The van der Waals surface area contributed by atoms with E-state index >= 15 is 0 Å². The summed E-state index contributed by atoms with van der Waals surface area (Å²) in [6.45, 7) is 3.26. The summed E-state index contributed by atoms with van der Waals surface area (Å²) in [5.41, 5.74) is 0.737. The van der Waals surface area contributed by atoms with Gasteiger partial charge in [0.25, 0.3) is 0 Å². The summed E-state index contributed by atoms with van der Waals surface area (Å²) >= 11 is 0. The number of benzene rings is 1. The van der Waals surface area contributed by atoms with Gasteiger partial charge in [-0.2, -0.15) is 0 Å². The maximum absolute atomic E-state index is 12.1. The second kappa shape index (κ2) is 6.26. The number of aromatic nitrogens is 1. The standard InChI is InChI=1S/C15H17NO2/c1-2-9-18-10-7-15(17)13-5-3-4-12-6-8-16-11-14(12)13/h3-6,8,11H,2,7,9-10H2,1H3. The molecule has 0 atom stereocenters. The molecule has 0 amide bonds. The molecular formula is C15H17NO2. The third kappa shape index (κ3) is 2.93. The molecule has 3 nitrogen and oxygen atoms in total. The molecule has 0 spiro atoms. The van der Waals surface area contributed by atoms with Gasteiger partial charge in [-0.25, -0.2) is 0 Å². The number of ketones is 1. The van der Waals surface area contributed by atoms with Crippen LogP contribution in [0.2, 0.25) is 0 Å². The molecule has 0 bridgehead atoms. The Morgan fingerprint density at radius 1 is 1.28 bits per heavy atom. The van der Waals surface area contributed by atoms with E-state index in [4.69, 9.17) is 4.74 Å². The number of ether oxygens (including phenoxy) is 1. The topological polar surface area (TPSA) is 39.2 Å². The normalized spacial score (nSPS) is 10.7. The van der Waals surface area contributed by atoms with Crippen LogP contribution in [0.4, 0.5) is 0 Å². The van der Waals surface area contributed by atoms with Crippen molar-refractivity contribution < 1.29 is 9.53 Å². The molecule has 0 saturated heterocycles. The van der Waals surface area contributed by atoms with Gasteiger partial charge in [0.1, 0.15) is 0 Å². The maximum atomic E-state index is 12.1. The van der Waals surface area contributed by atoms with E-state index in [9.17, 15) is 4.79 Å².